The van der Waals surface area contributed by atoms with Gasteiger partial charge in [-0.3, -0.25) is 4.79 Å². The summed E-state index contributed by atoms with van der Waals surface area (Å²) in [4.78, 5) is 13.1. The standard InChI is InChI=1S/C13H11BrClNO2S/c14-12-4-2-9(19-12)5-6-16-13(18)10-7-8(15)1-3-11(10)17/h1-4,7,17H,5-6H2,(H,16,18). The molecule has 0 bridgehead atoms. The van der Waals surface area contributed by atoms with Gasteiger partial charge in [0.1, 0.15) is 5.75 Å². The van der Waals surface area contributed by atoms with Gasteiger partial charge in [0.25, 0.3) is 5.91 Å². The summed E-state index contributed by atoms with van der Waals surface area (Å²) in [6, 6.07) is 8.39. The largest absolute Gasteiger partial charge is 0.507 e. The number of benzene rings is 1. The van der Waals surface area contributed by atoms with Crippen molar-refractivity contribution in [3.05, 3.63) is 49.6 Å². The summed E-state index contributed by atoms with van der Waals surface area (Å²) < 4.78 is 1.07. The van der Waals surface area contributed by atoms with Crippen LogP contribution in [0.2, 0.25) is 5.02 Å². The summed E-state index contributed by atoms with van der Waals surface area (Å²) in [7, 11) is 0. The van der Waals surface area contributed by atoms with Crippen LogP contribution >= 0.6 is 38.9 Å². The highest BCUT2D eigenvalue weighted by Crippen LogP contribution is 2.23. The lowest BCUT2D eigenvalue weighted by atomic mass is 10.2. The maximum Gasteiger partial charge on any atom is 0.255 e. The van der Waals surface area contributed by atoms with Crippen LogP contribution in [0, 0.1) is 0 Å². The number of phenolic OH excluding ortho intramolecular Hbond substituents is 1. The number of thiophene rings is 1. The van der Waals surface area contributed by atoms with Crippen molar-refractivity contribution in [3.63, 3.8) is 0 Å². The second kappa shape index (κ2) is 6.41. The van der Waals surface area contributed by atoms with Gasteiger partial charge in [0.2, 0.25) is 0 Å². The van der Waals surface area contributed by atoms with E-state index < -0.39 is 0 Å². The van der Waals surface area contributed by atoms with Crippen molar-refractivity contribution >= 4 is 44.8 Å². The Balaban J connectivity index is 1.92. The Morgan fingerprint density at radius 1 is 1.37 bits per heavy atom. The quantitative estimate of drug-likeness (QED) is 0.870. The summed E-state index contributed by atoms with van der Waals surface area (Å²) in [5, 5.41) is 12.8. The second-order valence-electron chi connectivity index (χ2n) is 3.87. The Morgan fingerprint density at radius 3 is 2.84 bits per heavy atom. The van der Waals surface area contributed by atoms with E-state index in [-0.39, 0.29) is 17.2 Å². The zero-order chi connectivity index (χ0) is 13.8. The van der Waals surface area contributed by atoms with Crippen LogP contribution in [0.1, 0.15) is 15.2 Å². The highest BCUT2D eigenvalue weighted by molar-refractivity contribution is 9.11. The molecule has 3 nitrogen and oxygen atoms in total. The van der Waals surface area contributed by atoms with E-state index in [9.17, 15) is 9.90 Å². The molecule has 0 fully saturated rings. The third-order valence-corrected chi connectivity index (χ3v) is 4.41. The molecular formula is C13H11BrClNO2S. The number of nitrogens with one attached hydrogen (secondary N) is 1. The molecule has 2 N–H and O–H groups in total. The van der Waals surface area contributed by atoms with Crippen LogP contribution in [0.15, 0.2) is 34.1 Å². The van der Waals surface area contributed by atoms with Crippen LogP contribution in [-0.4, -0.2) is 17.6 Å². The van der Waals surface area contributed by atoms with Crippen LogP contribution < -0.4 is 5.32 Å². The lowest BCUT2D eigenvalue weighted by Gasteiger charge is -2.06. The molecule has 1 aromatic carbocycles. The SMILES string of the molecule is O=C(NCCc1ccc(Br)s1)c1cc(Cl)ccc1O. The van der Waals surface area contributed by atoms with Crippen molar-refractivity contribution in [2.24, 2.45) is 0 Å². The van der Waals surface area contributed by atoms with Gasteiger partial charge in [-0.2, -0.15) is 0 Å². The molecule has 1 heterocycles. The summed E-state index contributed by atoms with van der Waals surface area (Å²) in [5.74, 6) is -0.392. The minimum absolute atomic E-state index is 0.0687. The number of halogens is 2. The highest BCUT2D eigenvalue weighted by Gasteiger charge is 2.11. The van der Waals surface area contributed by atoms with Gasteiger partial charge in [0.15, 0.2) is 0 Å². The molecule has 0 radical (unpaired) electrons. The summed E-state index contributed by atoms with van der Waals surface area (Å²) >= 11 is 10.8. The van der Waals surface area contributed by atoms with E-state index in [0.29, 0.717) is 11.6 Å². The molecule has 0 aliphatic heterocycles. The Hall–Kier alpha value is -1.04. The normalized spacial score (nSPS) is 10.4. The first-order valence-corrected chi connectivity index (χ1v) is 7.56. The maximum absolute atomic E-state index is 11.9. The maximum atomic E-state index is 11.9. The van der Waals surface area contributed by atoms with E-state index in [1.165, 1.54) is 23.1 Å². The first kappa shape index (κ1) is 14.4. The van der Waals surface area contributed by atoms with Crippen LogP contribution in [0.25, 0.3) is 0 Å². The predicted octanol–water partition coefficient (Wildman–Crippen LogP) is 3.84. The van der Waals surface area contributed by atoms with E-state index >= 15 is 0 Å². The van der Waals surface area contributed by atoms with E-state index in [1.807, 2.05) is 12.1 Å². The van der Waals surface area contributed by atoms with Gasteiger partial charge in [-0.25, -0.2) is 0 Å². The molecule has 19 heavy (non-hydrogen) atoms. The predicted molar refractivity (Wildman–Crippen MR) is 81.2 cm³/mol. The van der Waals surface area contributed by atoms with Gasteiger partial charge in [-0.05, 0) is 52.7 Å². The van der Waals surface area contributed by atoms with Crippen LogP contribution in [-0.2, 0) is 6.42 Å². The van der Waals surface area contributed by atoms with Crippen LogP contribution in [0.4, 0.5) is 0 Å². The van der Waals surface area contributed by atoms with E-state index in [2.05, 4.69) is 21.2 Å². The fourth-order valence-corrected chi connectivity index (χ4v) is 3.23. The molecule has 0 aliphatic rings. The van der Waals surface area contributed by atoms with E-state index in [1.54, 1.807) is 11.3 Å². The van der Waals surface area contributed by atoms with Crippen molar-refractivity contribution in [2.75, 3.05) is 6.54 Å². The number of rotatable bonds is 4. The number of carbonyl (C=O) groups is 1. The topological polar surface area (TPSA) is 49.3 Å². The third kappa shape index (κ3) is 3.96. The molecule has 0 unspecified atom stereocenters. The lowest BCUT2D eigenvalue weighted by Crippen LogP contribution is -2.25. The molecule has 2 aromatic rings. The van der Waals surface area contributed by atoms with Gasteiger partial charge >= 0.3 is 0 Å². The molecule has 6 heteroatoms. The number of phenols is 1. The zero-order valence-corrected chi connectivity index (χ0v) is 13.0. The molecule has 1 amide bonds. The van der Waals surface area contributed by atoms with E-state index in [4.69, 9.17) is 11.6 Å². The Kier molecular flexibility index (Phi) is 4.85. The third-order valence-electron chi connectivity index (χ3n) is 2.49. The van der Waals surface area contributed by atoms with Crippen molar-refractivity contribution in [1.82, 2.24) is 5.32 Å². The Labute approximate surface area is 128 Å². The van der Waals surface area contributed by atoms with Crippen molar-refractivity contribution in [1.29, 1.82) is 0 Å². The van der Waals surface area contributed by atoms with Gasteiger partial charge in [0.05, 0.1) is 9.35 Å². The number of amides is 1. The average molecular weight is 361 g/mol. The van der Waals surface area contributed by atoms with Gasteiger partial charge < -0.3 is 10.4 Å². The summed E-state index contributed by atoms with van der Waals surface area (Å²) in [5.41, 5.74) is 0.194. The minimum Gasteiger partial charge on any atom is -0.507 e. The van der Waals surface area contributed by atoms with Gasteiger partial charge in [-0.1, -0.05) is 11.6 Å². The molecule has 0 saturated carbocycles. The first-order chi connectivity index (χ1) is 9.06. The smallest absolute Gasteiger partial charge is 0.255 e. The molecule has 0 saturated heterocycles. The molecular weight excluding hydrogens is 350 g/mol. The molecule has 0 spiro atoms. The van der Waals surface area contributed by atoms with Crippen molar-refractivity contribution < 1.29 is 9.90 Å². The summed E-state index contributed by atoms with van der Waals surface area (Å²) in [6.45, 7) is 0.512. The fraction of sp³-hybridized carbons (Fsp3) is 0.154. The number of aromatic hydroxyl groups is 1. The average Bonchev–Trinajstić information content (AvgIpc) is 2.78. The Morgan fingerprint density at radius 2 is 2.16 bits per heavy atom. The second-order valence-corrected chi connectivity index (χ2v) is 6.86. The van der Waals surface area contributed by atoms with E-state index in [0.717, 1.165) is 10.2 Å². The molecule has 0 atom stereocenters. The molecule has 100 valence electrons. The van der Waals surface area contributed by atoms with Crippen molar-refractivity contribution in [3.8, 4) is 5.75 Å². The molecule has 2 rings (SSSR count). The fourth-order valence-electron chi connectivity index (χ4n) is 1.57. The first-order valence-electron chi connectivity index (χ1n) is 5.57. The van der Waals surface area contributed by atoms with Crippen LogP contribution in [0.3, 0.4) is 0 Å². The van der Waals surface area contributed by atoms with Gasteiger partial charge in [-0.15, -0.1) is 11.3 Å². The van der Waals surface area contributed by atoms with Gasteiger partial charge in [0, 0.05) is 16.4 Å². The number of carbonyl (C=O) groups excluding carboxylic acids is 1. The van der Waals surface area contributed by atoms with Crippen LogP contribution in [0.5, 0.6) is 5.75 Å². The summed E-state index contributed by atoms with van der Waals surface area (Å²) in [6.07, 6.45) is 0.753. The molecule has 1 aromatic heterocycles. The number of hydrogen-bond acceptors (Lipinski definition) is 3. The van der Waals surface area contributed by atoms with Crippen molar-refractivity contribution in [2.45, 2.75) is 6.42 Å². The highest BCUT2D eigenvalue weighted by atomic mass is 79.9. The monoisotopic (exact) mass is 359 g/mol. The lowest BCUT2D eigenvalue weighted by molar-refractivity contribution is 0.0951. The minimum atomic E-state index is -0.323. The molecule has 0 aliphatic carbocycles. The number of hydrogen-bond donors (Lipinski definition) is 2. The zero-order valence-electron chi connectivity index (χ0n) is 9.82. The Bertz CT molecular complexity index is 600.